The molecule has 9 heteroatoms. The van der Waals surface area contributed by atoms with Crippen molar-refractivity contribution in [1.29, 1.82) is 0 Å². The summed E-state index contributed by atoms with van der Waals surface area (Å²) >= 11 is 4.84. The van der Waals surface area contributed by atoms with E-state index < -0.39 is 0 Å². The van der Waals surface area contributed by atoms with E-state index in [2.05, 4.69) is 55.6 Å². The first-order chi connectivity index (χ1) is 12.5. The van der Waals surface area contributed by atoms with Gasteiger partial charge in [0.1, 0.15) is 5.01 Å². The number of carbonyl (C=O) groups excluding carboxylic acids is 1. The zero-order valence-corrected chi connectivity index (χ0v) is 17.1. The van der Waals surface area contributed by atoms with Crippen LogP contribution < -0.4 is 5.32 Å². The molecule has 0 unspecified atom stereocenters. The topological polar surface area (TPSA) is 85.6 Å². The summed E-state index contributed by atoms with van der Waals surface area (Å²) in [6.07, 6.45) is 2.00. The molecule has 2 aromatic heterocycles. The standard InChI is InChI=1S/C17H19BrN6OS/c1-4-11(5-2)16-21-22-17(26-16)19-15(25)14-10(3)24(23-20-14)13-8-6-7-12(18)9-13/h6-9,11H,4-5H2,1-3H3,(H,19,22,25). The number of hydrogen-bond acceptors (Lipinski definition) is 6. The van der Waals surface area contributed by atoms with Crippen LogP contribution in [0.1, 0.15) is 53.8 Å². The van der Waals surface area contributed by atoms with Gasteiger partial charge in [-0.05, 0) is 38.0 Å². The minimum atomic E-state index is -0.337. The minimum absolute atomic E-state index is 0.268. The number of amides is 1. The largest absolute Gasteiger partial charge is 0.295 e. The van der Waals surface area contributed by atoms with E-state index in [1.165, 1.54) is 11.3 Å². The molecule has 2 heterocycles. The summed E-state index contributed by atoms with van der Waals surface area (Å²) in [5.74, 6) is 0.0354. The molecule has 0 atom stereocenters. The number of hydrogen-bond donors (Lipinski definition) is 1. The summed E-state index contributed by atoms with van der Waals surface area (Å²) in [4.78, 5) is 12.6. The third-order valence-corrected chi connectivity index (χ3v) is 5.65. The van der Waals surface area contributed by atoms with E-state index in [9.17, 15) is 4.79 Å². The molecule has 1 amide bonds. The summed E-state index contributed by atoms with van der Waals surface area (Å²) in [6, 6.07) is 7.65. The second-order valence-electron chi connectivity index (χ2n) is 5.83. The Morgan fingerprint density at radius 3 is 2.73 bits per heavy atom. The van der Waals surface area contributed by atoms with Crippen molar-refractivity contribution < 1.29 is 4.79 Å². The predicted molar refractivity (Wildman–Crippen MR) is 105 cm³/mol. The lowest BCUT2D eigenvalue weighted by atomic mass is 10.1. The van der Waals surface area contributed by atoms with Crippen molar-refractivity contribution in [1.82, 2.24) is 25.2 Å². The molecular formula is C17H19BrN6OS. The fraction of sp³-hybridized carbons (Fsp3) is 0.353. The molecule has 0 fully saturated rings. The van der Waals surface area contributed by atoms with E-state index in [0.717, 1.165) is 28.0 Å². The van der Waals surface area contributed by atoms with Crippen LogP contribution in [0.4, 0.5) is 5.13 Å². The van der Waals surface area contributed by atoms with Crippen molar-refractivity contribution in [2.75, 3.05) is 5.32 Å². The van der Waals surface area contributed by atoms with Gasteiger partial charge < -0.3 is 0 Å². The molecule has 3 rings (SSSR count). The quantitative estimate of drug-likeness (QED) is 0.623. The summed E-state index contributed by atoms with van der Waals surface area (Å²) in [5, 5.41) is 20.6. The molecule has 0 aliphatic carbocycles. The Hall–Kier alpha value is -2.13. The van der Waals surface area contributed by atoms with Gasteiger partial charge in [0.15, 0.2) is 5.69 Å². The van der Waals surface area contributed by atoms with E-state index in [0.29, 0.717) is 16.7 Å². The highest BCUT2D eigenvalue weighted by Crippen LogP contribution is 2.28. The molecule has 136 valence electrons. The van der Waals surface area contributed by atoms with Crippen LogP contribution in [-0.4, -0.2) is 31.1 Å². The fourth-order valence-electron chi connectivity index (χ4n) is 2.64. The van der Waals surface area contributed by atoms with Gasteiger partial charge in [-0.1, -0.05) is 52.4 Å². The lowest BCUT2D eigenvalue weighted by Gasteiger charge is -2.05. The fourth-order valence-corrected chi connectivity index (χ4v) is 4.03. The maximum atomic E-state index is 12.6. The molecule has 1 aromatic carbocycles. The maximum absolute atomic E-state index is 12.6. The van der Waals surface area contributed by atoms with Crippen LogP contribution in [0, 0.1) is 6.92 Å². The van der Waals surface area contributed by atoms with Gasteiger partial charge in [0.05, 0.1) is 11.4 Å². The zero-order chi connectivity index (χ0) is 18.7. The van der Waals surface area contributed by atoms with Crippen molar-refractivity contribution >= 4 is 38.3 Å². The molecule has 1 N–H and O–H groups in total. The zero-order valence-electron chi connectivity index (χ0n) is 14.7. The molecule has 0 saturated heterocycles. The number of rotatable bonds is 6. The molecule has 0 radical (unpaired) electrons. The number of aromatic nitrogens is 5. The Labute approximate surface area is 164 Å². The van der Waals surface area contributed by atoms with Crippen molar-refractivity contribution in [3.8, 4) is 5.69 Å². The highest BCUT2D eigenvalue weighted by atomic mass is 79.9. The SMILES string of the molecule is CCC(CC)c1nnc(NC(=O)c2nnn(-c3cccc(Br)c3)c2C)s1. The van der Waals surface area contributed by atoms with Crippen LogP contribution in [0.2, 0.25) is 0 Å². The van der Waals surface area contributed by atoms with Crippen LogP contribution in [0.25, 0.3) is 5.69 Å². The van der Waals surface area contributed by atoms with Crippen molar-refractivity contribution in [3.63, 3.8) is 0 Å². The van der Waals surface area contributed by atoms with Crippen LogP contribution in [0.3, 0.4) is 0 Å². The third kappa shape index (κ3) is 3.83. The van der Waals surface area contributed by atoms with E-state index in [4.69, 9.17) is 0 Å². The predicted octanol–water partition coefficient (Wildman–Crippen LogP) is 4.35. The van der Waals surface area contributed by atoms with E-state index in [1.807, 2.05) is 31.2 Å². The molecule has 26 heavy (non-hydrogen) atoms. The molecule has 3 aromatic rings. The minimum Gasteiger partial charge on any atom is -0.295 e. The van der Waals surface area contributed by atoms with Gasteiger partial charge in [-0.25, -0.2) is 4.68 Å². The van der Waals surface area contributed by atoms with Gasteiger partial charge >= 0.3 is 0 Å². The van der Waals surface area contributed by atoms with Crippen molar-refractivity contribution in [3.05, 3.63) is 45.1 Å². The van der Waals surface area contributed by atoms with E-state index in [-0.39, 0.29) is 11.6 Å². The number of halogens is 1. The second kappa shape index (κ2) is 8.05. The van der Waals surface area contributed by atoms with Crippen molar-refractivity contribution in [2.45, 2.75) is 39.5 Å². The van der Waals surface area contributed by atoms with Gasteiger partial charge in [-0.3, -0.25) is 10.1 Å². The normalized spacial score (nSPS) is 11.1. The summed E-state index contributed by atoms with van der Waals surface area (Å²) in [6.45, 7) is 6.06. The number of benzene rings is 1. The molecule has 0 bridgehead atoms. The molecule has 0 aliphatic rings. The Bertz CT molecular complexity index is 918. The van der Waals surface area contributed by atoms with Crippen LogP contribution in [0.5, 0.6) is 0 Å². The molecule has 0 aliphatic heterocycles. The van der Waals surface area contributed by atoms with Crippen molar-refractivity contribution in [2.24, 2.45) is 0 Å². The Balaban J connectivity index is 1.79. The van der Waals surface area contributed by atoms with Gasteiger partial charge in [-0.15, -0.1) is 15.3 Å². The summed E-state index contributed by atoms with van der Waals surface area (Å²) < 4.78 is 2.56. The molecule has 0 spiro atoms. The van der Waals surface area contributed by atoms with Crippen LogP contribution in [0.15, 0.2) is 28.7 Å². The summed E-state index contributed by atoms with van der Waals surface area (Å²) in [5.41, 5.74) is 1.75. The Morgan fingerprint density at radius 2 is 2.04 bits per heavy atom. The highest BCUT2D eigenvalue weighted by Gasteiger charge is 2.20. The lowest BCUT2D eigenvalue weighted by molar-refractivity contribution is 0.102. The van der Waals surface area contributed by atoms with Gasteiger partial charge in [-0.2, -0.15) is 0 Å². The number of nitrogens with one attached hydrogen (secondary N) is 1. The first-order valence-corrected chi connectivity index (χ1v) is 9.97. The number of carbonyl (C=O) groups is 1. The highest BCUT2D eigenvalue weighted by molar-refractivity contribution is 9.10. The Kier molecular flexibility index (Phi) is 5.77. The number of anilines is 1. The van der Waals surface area contributed by atoms with Gasteiger partial charge in [0.2, 0.25) is 5.13 Å². The van der Waals surface area contributed by atoms with Gasteiger partial charge in [0, 0.05) is 10.4 Å². The average Bonchev–Trinajstić information content (AvgIpc) is 3.23. The molecule has 0 saturated carbocycles. The Morgan fingerprint density at radius 1 is 1.27 bits per heavy atom. The first kappa shape index (κ1) is 18.7. The number of nitrogens with zero attached hydrogens (tertiary/aromatic N) is 5. The maximum Gasteiger partial charge on any atom is 0.279 e. The molecular weight excluding hydrogens is 416 g/mol. The van der Waals surface area contributed by atoms with E-state index in [1.54, 1.807) is 4.68 Å². The average molecular weight is 435 g/mol. The van der Waals surface area contributed by atoms with Crippen LogP contribution >= 0.6 is 27.3 Å². The monoisotopic (exact) mass is 434 g/mol. The molecule has 7 nitrogen and oxygen atoms in total. The second-order valence-corrected chi connectivity index (χ2v) is 7.75. The van der Waals surface area contributed by atoms with E-state index >= 15 is 0 Å². The third-order valence-electron chi connectivity index (χ3n) is 4.16. The lowest BCUT2D eigenvalue weighted by Crippen LogP contribution is -2.14. The van der Waals surface area contributed by atoms with Gasteiger partial charge in [0.25, 0.3) is 5.91 Å². The smallest absolute Gasteiger partial charge is 0.279 e. The first-order valence-electron chi connectivity index (χ1n) is 8.36. The summed E-state index contributed by atoms with van der Waals surface area (Å²) in [7, 11) is 0. The van der Waals surface area contributed by atoms with Crippen LogP contribution in [-0.2, 0) is 0 Å².